The van der Waals surface area contributed by atoms with Crippen LogP contribution in [0, 0.1) is 6.92 Å². The summed E-state index contributed by atoms with van der Waals surface area (Å²) < 4.78 is 0. The molecule has 0 radical (unpaired) electrons. The molecule has 2 rings (SSSR count). The maximum atomic E-state index is 12.2. The van der Waals surface area contributed by atoms with E-state index in [1.54, 1.807) is 30.3 Å². The molecular weight excluding hydrogens is 302 g/mol. The standard InChI is InChI=1S/C16H16ClN3O2/c1-10-4-2-3-5-12(10)16(22)20-14-7-6-11(8-13(14)17)19-15(21)9-18/h2-8H,9,18H2,1H3,(H,19,21)(H,20,22). The van der Waals surface area contributed by atoms with Gasteiger partial charge in [0.25, 0.3) is 5.91 Å². The molecule has 0 saturated carbocycles. The summed E-state index contributed by atoms with van der Waals surface area (Å²) in [5.41, 5.74) is 7.69. The lowest BCUT2D eigenvalue weighted by Gasteiger charge is -2.11. The fourth-order valence-corrected chi connectivity index (χ4v) is 2.15. The van der Waals surface area contributed by atoms with Crippen molar-refractivity contribution in [2.45, 2.75) is 6.92 Å². The number of amides is 2. The molecule has 2 aromatic carbocycles. The van der Waals surface area contributed by atoms with Crippen LogP contribution < -0.4 is 16.4 Å². The molecule has 0 fully saturated rings. The van der Waals surface area contributed by atoms with Crippen LogP contribution in [0.5, 0.6) is 0 Å². The van der Waals surface area contributed by atoms with Crippen LogP contribution in [0.15, 0.2) is 42.5 Å². The average molecular weight is 318 g/mol. The number of rotatable bonds is 4. The van der Waals surface area contributed by atoms with Crippen molar-refractivity contribution < 1.29 is 9.59 Å². The maximum Gasteiger partial charge on any atom is 0.255 e. The summed E-state index contributed by atoms with van der Waals surface area (Å²) in [6, 6.07) is 12.1. The molecule has 22 heavy (non-hydrogen) atoms. The number of nitrogens with two attached hydrogens (primary N) is 1. The smallest absolute Gasteiger partial charge is 0.255 e. The molecule has 0 aromatic heterocycles. The van der Waals surface area contributed by atoms with Gasteiger partial charge in [0, 0.05) is 11.3 Å². The van der Waals surface area contributed by atoms with Gasteiger partial charge >= 0.3 is 0 Å². The quantitative estimate of drug-likeness (QED) is 0.810. The number of anilines is 2. The number of carbonyl (C=O) groups is 2. The van der Waals surface area contributed by atoms with Gasteiger partial charge in [-0.2, -0.15) is 0 Å². The lowest BCUT2D eigenvalue weighted by molar-refractivity contribution is -0.114. The predicted octanol–water partition coefficient (Wildman–Crippen LogP) is 2.80. The monoisotopic (exact) mass is 317 g/mol. The first-order valence-corrected chi connectivity index (χ1v) is 7.05. The Hall–Kier alpha value is -2.37. The van der Waals surface area contributed by atoms with E-state index in [0.29, 0.717) is 22.0 Å². The zero-order valence-electron chi connectivity index (χ0n) is 12.0. The predicted molar refractivity (Wildman–Crippen MR) is 88.3 cm³/mol. The summed E-state index contributed by atoms with van der Waals surface area (Å²) in [5, 5.41) is 5.68. The summed E-state index contributed by atoms with van der Waals surface area (Å²) in [6.45, 7) is 1.76. The normalized spacial score (nSPS) is 10.1. The highest BCUT2D eigenvalue weighted by atomic mass is 35.5. The third kappa shape index (κ3) is 3.84. The minimum atomic E-state index is -0.312. The Balaban J connectivity index is 2.15. The van der Waals surface area contributed by atoms with E-state index >= 15 is 0 Å². The zero-order chi connectivity index (χ0) is 16.1. The van der Waals surface area contributed by atoms with Gasteiger partial charge in [0.2, 0.25) is 5.91 Å². The average Bonchev–Trinajstić information content (AvgIpc) is 2.50. The van der Waals surface area contributed by atoms with Gasteiger partial charge in [-0.15, -0.1) is 0 Å². The second-order valence-electron chi connectivity index (χ2n) is 4.72. The van der Waals surface area contributed by atoms with Crippen LogP contribution in [0.2, 0.25) is 5.02 Å². The van der Waals surface area contributed by atoms with Crippen LogP contribution in [-0.2, 0) is 4.79 Å². The molecule has 0 aliphatic heterocycles. The number of hydrogen-bond acceptors (Lipinski definition) is 3. The molecule has 2 aromatic rings. The topological polar surface area (TPSA) is 84.2 Å². The van der Waals surface area contributed by atoms with Gasteiger partial charge in [-0.25, -0.2) is 0 Å². The second-order valence-corrected chi connectivity index (χ2v) is 5.12. The molecule has 0 bridgehead atoms. The molecule has 0 unspecified atom stereocenters. The Kier molecular flexibility index (Phi) is 5.14. The van der Waals surface area contributed by atoms with E-state index in [2.05, 4.69) is 10.6 Å². The van der Waals surface area contributed by atoms with Crippen molar-refractivity contribution >= 4 is 34.8 Å². The van der Waals surface area contributed by atoms with Crippen LogP contribution >= 0.6 is 11.6 Å². The summed E-state index contributed by atoms with van der Waals surface area (Å²) in [7, 11) is 0. The number of halogens is 1. The van der Waals surface area contributed by atoms with Crippen molar-refractivity contribution in [2.75, 3.05) is 17.2 Å². The Labute approximate surface area is 133 Å². The van der Waals surface area contributed by atoms with Gasteiger partial charge in [0.05, 0.1) is 17.3 Å². The van der Waals surface area contributed by atoms with E-state index in [0.717, 1.165) is 5.56 Å². The first-order valence-electron chi connectivity index (χ1n) is 6.67. The molecule has 0 saturated heterocycles. The molecule has 4 N–H and O–H groups in total. The van der Waals surface area contributed by atoms with E-state index in [1.165, 1.54) is 0 Å². The third-order valence-electron chi connectivity index (χ3n) is 3.08. The number of hydrogen-bond donors (Lipinski definition) is 3. The van der Waals surface area contributed by atoms with Gasteiger partial charge in [-0.3, -0.25) is 9.59 Å². The van der Waals surface area contributed by atoms with Crippen molar-refractivity contribution in [3.05, 3.63) is 58.6 Å². The van der Waals surface area contributed by atoms with Crippen molar-refractivity contribution in [3.8, 4) is 0 Å². The van der Waals surface area contributed by atoms with Gasteiger partial charge in [0.15, 0.2) is 0 Å². The number of nitrogens with one attached hydrogen (secondary N) is 2. The van der Waals surface area contributed by atoms with Crippen LogP contribution in [0.1, 0.15) is 15.9 Å². The van der Waals surface area contributed by atoms with E-state index in [9.17, 15) is 9.59 Å². The van der Waals surface area contributed by atoms with Gasteiger partial charge in [-0.1, -0.05) is 29.8 Å². The Bertz CT molecular complexity index is 716. The highest BCUT2D eigenvalue weighted by molar-refractivity contribution is 6.34. The maximum absolute atomic E-state index is 12.2. The fraction of sp³-hybridized carbons (Fsp3) is 0.125. The minimum Gasteiger partial charge on any atom is -0.325 e. The molecule has 0 spiro atoms. The highest BCUT2D eigenvalue weighted by Gasteiger charge is 2.11. The Morgan fingerprint density at radius 3 is 2.50 bits per heavy atom. The van der Waals surface area contributed by atoms with Gasteiger partial charge < -0.3 is 16.4 Å². The van der Waals surface area contributed by atoms with E-state index < -0.39 is 0 Å². The second kappa shape index (κ2) is 7.06. The van der Waals surface area contributed by atoms with E-state index in [1.807, 2.05) is 19.1 Å². The summed E-state index contributed by atoms with van der Waals surface area (Å²) in [5.74, 6) is -0.550. The number of carbonyl (C=O) groups excluding carboxylic acids is 2. The summed E-state index contributed by atoms with van der Waals surface area (Å²) in [4.78, 5) is 23.5. The molecule has 6 heteroatoms. The van der Waals surface area contributed by atoms with Crippen LogP contribution in [0.3, 0.4) is 0 Å². The Morgan fingerprint density at radius 2 is 1.86 bits per heavy atom. The van der Waals surface area contributed by atoms with Crippen LogP contribution in [0.25, 0.3) is 0 Å². The van der Waals surface area contributed by atoms with Crippen molar-refractivity contribution in [1.29, 1.82) is 0 Å². The van der Waals surface area contributed by atoms with Crippen LogP contribution in [-0.4, -0.2) is 18.4 Å². The first-order chi connectivity index (χ1) is 10.5. The van der Waals surface area contributed by atoms with E-state index in [4.69, 9.17) is 17.3 Å². The highest BCUT2D eigenvalue weighted by Crippen LogP contribution is 2.26. The molecule has 0 atom stereocenters. The molecular formula is C16H16ClN3O2. The third-order valence-corrected chi connectivity index (χ3v) is 3.39. The van der Waals surface area contributed by atoms with Gasteiger partial charge in [0.1, 0.15) is 0 Å². The Morgan fingerprint density at radius 1 is 1.14 bits per heavy atom. The van der Waals surface area contributed by atoms with Crippen molar-refractivity contribution in [3.63, 3.8) is 0 Å². The van der Waals surface area contributed by atoms with Crippen molar-refractivity contribution in [1.82, 2.24) is 0 Å². The van der Waals surface area contributed by atoms with E-state index in [-0.39, 0.29) is 18.4 Å². The lowest BCUT2D eigenvalue weighted by atomic mass is 10.1. The minimum absolute atomic E-state index is 0.108. The zero-order valence-corrected chi connectivity index (χ0v) is 12.8. The largest absolute Gasteiger partial charge is 0.325 e. The fourth-order valence-electron chi connectivity index (χ4n) is 1.92. The molecule has 2 amide bonds. The lowest BCUT2D eigenvalue weighted by Crippen LogP contribution is -2.21. The molecule has 0 aliphatic carbocycles. The SMILES string of the molecule is Cc1ccccc1C(=O)Nc1ccc(NC(=O)CN)cc1Cl. The number of aryl methyl sites for hydroxylation is 1. The first kappa shape index (κ1) is 16.0. The molecule has 0 aliphatic rings. The molecule has 5 nitrogen and oxygen atoms in total. The summed E-state index contributed by atoms with van der Waals surface area (Å²) >= 11 is 6.13. The summed E-state index contributed by atoms with van der Waals surface area (Å²) in [6.07, 6.45) is 0. The molecule has 0 heterocycles. The van der Waals surface area contributed by atoms with Gasteiger partial charge in [-0.05, 0) is 36.8 Å². The van der Waals surface area contributed by atoms with Crippen molar-refractivity contribution in [2.24, 2.45) is 5.73 Å². The number of benzene rings is 2. The van der Waals surface area contributed by atoms with Crippen LogP contribution in [0.4, 0.5) is 11.4 Å². The molecule has 114 valence electrons.